The molecule has 1 heterocycles. The molecule has 1 aliphatic heterocycles. The summed E-state index contributed by atoms with van der Waals surface area (Å²) < 4.78 is 5.06. The molecular weight excluding hydrogens is 278 g/mol. The molecule has 0 aliphatic carbocycles. The van der Waals surface area contributed by atoms with Gasteiger partial charge in [-0.15, -0.1) is 0 Å². The van der Waals surface area contributed by atoms with Gasteiger partial charge in [-0.3, -0.25) is 4.79 Å². The molecule has 2 aromatic carbocycles. The molecule has 0 radical (unpaired) electrons. The summed E-state index contributed by atoms with van der Waals surface area (Å²) in [6, 6.07) is 13.8. The Kier molecular flexibility index (Phi) is 4.14. The lowest BCUT2D eigenvalue weighted by Crippen LogP contribution is -2.48. The van der Waals surface area contributed by atoms with E-state index < -0.39 is 5.60 Å². The molecule has 3 rings (SSSR count). The maximum atomic E-state index is 12.6. The molecule has 2 aromatic rings. The third-order valence-electron chi connectivity index (χ3n) is 4.39. The number of piperidine rings is 1. The zero-order valence-electron chi connectivity index (χ0n) is 12.8. The van der Waals surface area contributed by atoms with Gasteiger partial charge in [-0.25, -0.2) is 0 Å². The Labute approximate surface area is 130 Å². The van der Waals surface area contributed by atoms with Gasteiger partial charge in [-0.05, 0) is 35.7 Å². The predicted molar refractivity (Wildman–Crippen MR) is 85.9 cm³/mol. The number of nitrogens with zero attached hydrogens (tertiary/aromatic N) is 1. The first-order chi connectivity index (χ1) is 10.6. The molecule has 4 nitrogen and oxygen atoms in total. The van der Waals surface area contributed by atoms with Gasteiger partial charge in [0.2, 0.25) is 0 Å². The number of benzene rings is 2. The minimum Gasteiger partial charge on any atom is -0.387 e. The highest BCUT2D eigenvalue weighted by Gasteiger charge is 2.34. The van der Waals surface area contributed by atoms with E-state index in [4.69, 9.17) is 4.74 Å². The molecule has 1 saturated heterocycles. The Morgan fingerprint density at radius 1 is 1.18 bits per heavy atom. The number of amides is 1. The lowest BCUT2D eigenvalue weighted by Gasteiger charge is -2.37. The van der Waals surface area contributed by atoms with Crippen molar-refractivity contribution in [1.29, 1.82) is 0 Å². The van der Waals surface area contributed by atoms with E-state index in [2.05, 4.69) is 0 Å². The molecule has 1 amide bonds. The molecular formula is C18H21NO3. The maximum absolute atomic E-state index is 12.6. The van der Waals surface area contributed by atoms with E-state index in [-0.39, 0.29) is 5.91 Å². The summed E-state index contributed by atoms with van der Waals surface area (Å²) in [4.78, 5) is 14.4. The third kappa shape index (κ3) is 2.98. The van der Waals surface area contributed by atoms with Crippen molar-refractivity contribution in [3.05, 3.63) is 48.0 Å². The van der Waals surface area contributed by atoms with Gasteiger partial charge >= 0.3 is 0 Å². The lowest BCUT2D eigenvalue weighted by atomic mass is 9.92. The highest BCUT2D eigenvalue weighted by Crippen LogP contribution is 2.24. The van der Waals surface area contributed by atoms with Crippen molar-refractivity contribution >= 4 is 16.7 Å². The smallest absolute Gasteiger partial charge is 0.253 e. The van der Waals surface area contributed by atoms with Crippen LogP contribution < -0.4 is 0 Å². The second-order valence-corrected chi connectivity index (χ2v) is 6.01. The summed E-state index contributed by atoms with van der Waals surface area (Å²) in [5.74, 6) is 0.0326. The van der Waals surface area contributed by atoms with Gasteiger partial charge < -0.3 is 14.7 Å². The van der Waals surface area contributed by atoms with Crippen LogP contribution in [0.25, 0.3) is 10.8 Å². The SMILES string of the molecule is COCC1(O)CCN(C(=O)c2ccc3ccccc3c2)CC1. The van der Waals surface area contributed by atoms with Crippen molar-refractivity contribution in [3.63, 3.8) is 0 Å². The Hall–Kier alpha value is -1.91. The lowest BCUT2D eigenvalue weighted by molar-refractivity contribution is -0.0662. The van der Waals surface area contributed by atoms with Crippen LogP contribution in [0.5, 0.6) is 0 Å². The summed E-state index contributed by atoms with van der Waals surface area (Å²) in [7, 11) is 1.59. The number of hydrogen-bond donors (Lipinski definition) is 1. The molecule has 1 aliphatic rings. The molecule has 116 valence electrons. The van der Waals surface area contributed by atoms with E-state index in [1.807, 2.05) is 47.4 Å². The third-order valence-corrected chi connectivity index (χ3v) is 4.39. The largest absolute Gasteiger partial charge is 0.387 e. The van der Waals surface area contributed by atoms with Crippen LogP contribution in [-0.4, -0.2) is 48.3 Å². The quantitative estimate of drug-likeness (QED) is 0.947. The van der Waals surface area contributed by atoms with Crippen molar-refractivity contribution in [1.82, 2.24) is 4.90 Å². The fourth-order valence-electron chi connectivity index (χ4n) is 3.04. The summed E-state index contributed by atoms with van der Waals surface area (Å²) >= 11 is 0. The number of methoxy groups -OCH3 is 1. The van der Waals surface area contributed by atoms with Gasteiger partial charge in [0, 0.05) is 25.8 Å². The fourth-order valence-corrected chi connectivity index (χ4v) is 3.04. The van der Waals surface area contributed by atoms with Crippen LogP contribution in [0.4, 0.5) is 0 Å². The number of likely N-dealkylation sites (tertiary alicyclic amines) is 1. The highest BCUT2D eigenvalue weighted by atomic mass is 16.5. The van der Waals surface area contributed by atoms with Gasteiger partial charge in [0.1, 0.15) is 0 Å². The first-order valence-electron chi connectivity index (χ1n) is 7.61. The van der Waals surface area contributed by atoms with Gasteiger partial charge in [-0.2, -0.15) is 0 Å². The summed E-state index contributed by atoms with van der Waals surface area (Å²) in [5.41, 5.74) is -0.0922. The second-order valence-electron chi connectivity index (χ2n) is 6.01. The van der Waals surface area contributed by atoms with Crippen LogP contribution in [0.3, 0.4) is 0 Å². The Morgan fingerprint density at radius 2 is 1.86 bits per heavy atom. The average molecular weight is 299 g/mol. The van der Waals surface area contributed by atoms with Crippen molar-refractivity contribution in [2.45, 2.75) is 18.4 Å². The second kappa shape index (κ2) is 6.07. The van der Waals surface area contributed by atoms with Gasteiger partial charge in [0.05, 0.1) is 12.2 Å². The number of ether oxygens (including phenoxy) is 1. The first kappa shape index (κ1) is 15.0. The van der Waals surface area contributed by atoms with Crippen LogP contribution in [0, 0.1) is 0 Å². The summed E-state index contributed by atoms with van der Waals surface area (Å²) in [6.45, 7) is 1.45. The van der Waals surface area contributed by atoms with E-state index in [0.29, 0.717) is 38.1 Å². The highest BCUT2D eigenvalue weighted by molar-refractivity contribution is 5.98. The van der Waals surface area contributed by atoms with E-state index in [9.17, 15) is 9.90 Å². The van der Waals surface area contributed by atoms with Crippen LogP contribution in [0.15, 0.2) is 42.5 Å². The normalized spacial score (nSPS) is 17.6. The minimum absolute atomic E-state index is 0.0326. The van der Waals surface area contributed by atoms with E-state index in [0.717, 1.165) is 10.8 Å². The monoisotopic (exact) mass is 299 g/mol. The molecule has 0 unspecified atom stereocenters. The zero-order chi connectivity index (χ0) is 15.6. The van der Waals surface area contributed by atoms with Gasteiger partial charge in [0.25, 0.3) is 5.91 Å². The zero-order valence-corrected chi connectivity index (χ0v) is 12.8. The van der Waals surface area contributed by atoms with Crippen molar-refractivity contribution in [2.24, 2.45) is 0 Å². The predicted octanol–water partition coefficient (Wildman–Crippen LogP) is 2.45. The molecule has 0 aromatic heterocycles. The summed E-state index contributed by atoms with van der Waals surface area (Å²) in [5, 5.41) is 12.5. The van der Waals surface area contributed by atoms with Crippen LogP contribution in [0.2, 0.25) is 0 Å². The summed E-state index contributed by atoms with van der Waals surface area (Å²) in [6.07, 6.45) is 1.11. The standard InChI is InChI=1S/C18H21NO3/c1-22-13-18(21)8-10-19(11-9-18)17(20)16-7-6-14-4-2-3-5-15(14)12-16/h2-7,12,21H,8-11,13H2,1H3. The number of rotatable bonds is 3. The van der Waals surface area contributed by atoms with E-state index in [1.54, 1.807) is 7.11 Å². The number of hydrogen-bond acceptors (Lipinski definition) is 3. The minimum atomic E-state index is -0.797. The van der Waals surface area contributed by atoms with Crippen molar-refractivity contribution in [3.8, 4) is 0 Å². The molecule has 0 saturated carbocycles. The number of aliphatic hydroxyl groups is 1. The van der Waals surface area contributed by atoms with Gasteiger partial charge in [0.15, 0.2) is 0 Å². The van der Waals surface area contributed by atoms with Gasteiger partial charge in [-0.1, -0.05) is 30.3 Å². The average Bonchev–Trinajstić information content (AvgIpc) is 2.54. The fraction of sp³-hybridized carbons (Fsp3) is 0.389. The number of carbonyl (C=O) groups is 1. The Morgan fingerprint density at radius 3 is 2.55 bits per heavy atom. The number of carbonyl (C=O) groups excluding carboxylic acids is 1. The van der Waals surface area contributed by atoms with Crippen LogP contribution >= 0.6 is 0 Å². The van der Waals surface area contributed by atoms with Crippen molar-refractivity contribution in [2.75, 3.05) is 26.8 Å². The molecule has 1 fully saturated rings. The van der Waals surface area contributed by atoms with Crippen LogP contribution in [0.1, 0.15) is 23.2 Å². The molecule has 1 N–H and O–H groups in total. The Balaban J connectivity index is 1.73. The topological polar surface area (TPSA) is 49.8 Å². The van der Waals surface area contributed by atoms with E-state index >= 15 is 0 Å². The molecule has 0 bridgehead atoms. The van der Waals surface area contributed by atoms with Crippen LogP contribution in [-0.2, 0) is 4.74 Å². The van der Waals surface area contributed by atoms with E-state index in [1.165, 1.54) is 0 Å². The molecule has 4 heteroatoms. The molecule has 0 atom stereocenters. The maximum Gasteiger partial charge on any atom is 0.253 e. The number of fused-ring (bicyclic) bond motifs is 1. The Bertz CT molecular complexity index is 675. The first-order valence-corrected chi connectivity index (χ1v) is 7.61. The van der Waals surface area contributed by atoms with Crippen molar-refractivity contribution < 1.29 is 14.6 Å². The molecule has 0 spiro atoms. The molecule has 22 heavy (non-hydrogen) atoms.